The van der Waals surface area contributed by atoms with Gasteiger partial charge < -0.3 is 14.9 Å². The fourth-order valence-electron chi connectivity index (χ4n) is 6.13. The van der Waals surface area contributed by atoms with Crippen LogP contribution in [0.4, 0.5) is 13.6 Å². The number of carbonyl (C=O) groups excluding carboxylic acids is 1. The maximum atomic E-state index is 14.0. The number of H-pyrrole nitrogens is 1. The third kappa shape index (κ3) is 4.41. The highest BCUT2D eigenvalue weighted by Gasteiger charge is 2.48. The van der Waals surface area contributed by atoms with Gasteiger partial charge in [0.15, 0.2) is 5.82 Å². The summed E-state index contributed by atoms with van der Waals surface area (Å²) in [5.74, 6) is 0.722. The van der Waals surface area contributed by atoms with Crippen molar-refractivity contribution in [2.45, 2.75) is 69.3 Å². The second-order valence-corrected chi connectivity index (χ2v) is 11.2. The Hall–Kier alpha value is -2.62. The van der Waals surface area contributed by atoms with E-state index in [1.54, 1.807) is 0 Å². The summed E-state index contributed by atoms with van der Waals surface area (Å²) in [7, 11) is 0. The van der Waals surface area contributed by atoms with Crippen molar-refractivity contribution in [1.29, 1.82) is 0 Å². The molecule has 2 N–H and O–H groups in total. The quantitative estimate of drug-likeness (QED) is 0.690. The first-order valence-electron chi connectivity index (χ1n) is 12.8. The lowest BCUT2D eigenvalue weighted by Crippen LogP contribution is -2.62. The van der Waals surface area contributed by atoms with Crippen LogP contribution in [0.15, 0.2) is 12.3 Å². The van der Waals surface area contributed by atoms with Crippen molar-refractivity contribution in [3.05, 3.63) is 41.2 Å². The number of aliphatic hydroxyl groups is 1. The molecule has 2 aliphatic carbocycles. The van der Waals surface area contributed by atoms with Gasteiger partial charge in [0, 0.05) is 43.6 Å². The lowest BCUT2D eigenvalue weighted by atomic mass is 9.65. The van der Waals surface area contributed by atoms with Gasteiger partial charge >= 0.3 is 6.03 Å². The van der Waals surface area contributed by atoms with Crippen LogP contribution in [0.5, 0.6) is 0 Å². The highest BCUT2D eigenvalue weighted by molar-refractivity contribution is 5.75. The number of nitrogens with zero attached hydrogens (tertiary/aromatic N) is 5. The molecule has 0 bridgehead atoms. The molecule has 4 fully saturated rings. The van der Waals surface area contributed by atoms with E-state index in [2.05, 4.69) is 20.2 Å². The molecule has 10 heteroatoms. The SMILES string of the molecule is O=C(N1CCC(c2nc(C3(O)CC3)n[nH]2)CC1)N1CC2(CCC(Cc3ncc(F)cc3F)CC2)C1. The Labute approximate surface area is 203 Å². The van der Waals surface area contributed by atoms with Crippen molar-refractivity contribution in [2.75, 3.05) is 26.2 Å². The Bertz CT molecular complexity index is 1100. The minimum atomic E-state index is -0.827. The summed E-state index contributed by atoms with van der Waals surface area (Å²) in [6, 6.07) is 1.03. The van der Waals surface area contributed by atoms with Gasteiger partial charge in [0.05, 0.1) is 11.9 Å². The number of amides is 2. The summed E-state index contributed by atoms with van der Waals surface area (Å²) < 4.78 is 27.1. The van der Waals surface area contributed by atoms with E-state index in [9.17, 15) is 18.7 Å². The molecular formula is C25H32F2N6O2. The van der Waals surface area contributed by atoms with Gasteiger partial charge in [-0.1, -0.05) is 0 Å². The molecule has 0 unspecified atom stereocenters. The summed E-state index contributed by atoms with van der Waals surface area (Å²) >= 11 is 0. The topological polar surface area (TPSA) is 98.2 Å². The van der Waals surface area contributed by atoms with E-state index in [1.165, 1.54) is 0 Å². The molecule has 0 radical (unpaired) electrons. The molecule has 4 heterocycles. The number of aromatic amines is 1. The average molecular weight is 487 g/mol. The maximum absolute atomic E-state index is 14.0. The highest BCUT2D eigenvalue weighted by atomic mass is 19.1. The molecule has 188 valence electrons. The standard InChI is InChI=1S/C25H32F2N6O2/c26-18-12-19(27)20(28-13-18)11-16-1-5-24(6-2-16)14-33(15-24)23(34)32-9-3-17(4-10-32)21-29-22(31-30-21)25(35)7-8-25/h12-13,16-17,35H,1-11,14-15H2,(H,29,30,31). The second-order valence-electron chi connectivity index (χ2n) is 11.2. The fraction of sp³-hybridized carbons (Fsp3) is 0.680. The summed E-state index contributed by atoms with van der Waals surface area (Å²) in [4.78, 5) is 25.4. The summed E-state index contributed by atoms with van der Waals surface area (Å²) in [5.41, 5.74) is -0.281. The lowest BCUT2D eigenvalue weighted by Gasteiger charge is -2.54. The number of piperidine rings is 1. The number of rotatable bonds is 4. The van der Waals surface area contributed by atoms with Crippen LogP contribution in [0.25, 0.3) is 0 Å². The Morgan fingerprint density at radius 1 is 1.09 bits per heavy atom. The van der Waals surface area contributed by atoms with E-state index in [0.717, 1.165) is 82.5 Å². The minimum absolute atomic E-state index is 0.124. The molecule has 0 aromatic carbocycles. The number of urea groups is 1. The van der Waals surface area contributed by atoms with Gasteiger partial charge in [-0.15, -0.1) is 0 Å². The van der Waals surface area contributed by atoms with Gasteiger partial charge in [0.1, 0.15) is 23.1 Å². The van der Waals surface area contributed by atoms with E-state index in [4.69, 9.17) is 0 Å². The van der Waals surface area contributed by atoms with E-state index in [0.29, 0.717) is 36.9 Å². The molecule has 4 aliphatic rings. The third-order valence-electron chi connectivity index (χ3n) is 8.65. The van der Waals surface area contributed by atoms with Crippen LogP contribution < -0.4 is 0 Å². The number of hydrogen-bond donors (Lipinski definition) is 2. The predicted molar refractivity (Wildman–Crippen MR) is 122 cm³/mol. The zero-order valence-electron chi connectivity index (χ0n) is 19.8. The van der Waals surface area contributed by atoms with Crippen LogP contribution >= 0.6 is 0 Å². The number of nitrogens with one attached hydrogen (secondary N) is 1. The van der Waals surface area contributed by atoms with Crippen molar-refractivity contribution in [1.82, 2.24) is 30.0 Å². The molecule has 2 aliphatic heterocycles. The van der Waals surface area contributed by atoms with Crippen LogP contribution in [0, 0.1) is 23.0 Å². The van der Waals surface area contributed by atoms with Crippen LogP contribution in [0.2, 0.25) is 0 Å². The van der Waals surface area contributed by atoms with Gasteiger partial charge in [0.2, 0.25) is 0 Å². The molecule has 1 spiro atoms. The number of halogens is 2. The summed E-state index contributed by atoms with van der Waals surface area (Å²) in [6.45, 7) is 2.99. The van der Waals surface area contributed by atoms with Crippen LogP contribution in [0.1, 0.15) is 74.6 Å². The molecule has 2 aromatic rings. The van der Waals surface area contributed by atoms with Crippen molar-refractivity contribution in [2.24, 2.45) is 11.3 Å². The zero-order valence-corrected chi connectivity index (χ0v) is 19.8. The second kappa shape index (κ2) is 8.50. The number of carbonyl (C=O) groups is 1. The normalized spacial score (nSPS) is 24.0. The van der Waals surface area contributed by atoms with Crippen molar-refractivity contribution < 1.29 is 18.7 Å². The van der Waals surface area contributed by atoms with Crippen LogP contribution in [0.3, 0.4) is 0 Å². The molecule has 2 saturated heterocycles. The Balaban J connectivity index is 0.956. The van der Waals surface area contributed by atoms with Crippen molar-refractivity contribution in [3.8, 4) is 0 Å². The Morgan fingerprint density at radius 3 is 2.46 bits per heavy atom. The van der Waals surface area contributed by atoms with Gasteiger partial charge in [0.25, 0.3) is 0 Å². The number of aromatic nitrogens is 4. The molecule has 8 nitrogen and oxygen atoms in total. The van der Waals surface area contributed by atoms with Gasteiger partial charge in [-0.25, -0.2) is 18.6 Å². The first-order valence-corrected chi connectivity index (χ1v) is 12.8. The molecule has 2 saturated carbocycles. The van der Waals surface area contributed by atoms with Gasteiger partial charge in [-0.2, -0.15) is 5.10 Å². The molecule has 0 atom stereocenters. The van der Waals surface area contributed by atoms with Gasteiger partial charge in [-0.3, -0.25) is 10.1 Å². The molecule has 2 amide bonds. The first-order chi connectivity index (χ1) is 16.8. The van der Waals surface area contributed by atoms with Crippen LogP contribution in [-0.2, 0) is 12.0 Å². The van der Waals surface area contributed by atoms with Crippen molar-refractivity contribution in [3.63, 3.8) is 0 Å². The van der Waals surface area contributed by atoms with E-state index < -0.39 is 17.2 Å². The minimum Gasteiger partial charge on any atom is -0.382 e. The molecule has 2 aromatic heterocycles. The Morgan fingerprint density at radius 2 is 1.80 bits per heavy atom. The largest absolute Gasteiger partial charge is 0.382 e. The zero-order chi connectivity index (χ0) is 24.2. The predicted octanol–water partition coefficient (Wildman–Crippen LogP) is 3.49. The van der Waals surface area contributed by atoms with Crippen LogP contribution in [-0.4, -0.2) is 67.3 Å². The number of hydrogen-bond acceptors (Lipinski definition) is 5. The lowest BCUT2D eigenvalue weighted by molar-refractivity contribution is -0.0220. The molecular weight excluding hydrogens is 454 g/mol. The third-order valence-corrected chi connectivity index (χ3v) is 8.65. The monoisotopic (exact) mass is 486 g/mol. The first kappa shape index (κ1) is 22.8. The Kier molecular flexibility index (Phi) is 5.54. The van der Waals surface area contributed by atoms with Gasteiger partial charge in [-0.05, 0) is 63.7 Å². The van der Waals surface area contributed by atoms with E-state index in [1.807, 2.05) is 9.80 Å². The van der Waals surface area contributed by atoms with E-state index in [-0.39, 0.29) is 17.4 Å². The highest BCUT2D eigenvalue weighted by Crippen LogP contribution is 2.47. The van der Waals surface area contributed by atoms with Crippen molar-refractivity contribution >= 4 is 6.03 Å². The smallest absolute Gasteiger partial charge is 0.320 e. The fourth-order valence-corrected chi connectivity index (χ4v) is 6.13. The average Bonchev–Trinajstić information content (AvgIpc) is 3.38. The van der Waals surface area contributed by atoms with E-state index >= 15 is 0 Å². The molecule has 6 rings (SSSR count). The molecule has 35 heavy (non-hydrogen) atoms. The summed E-state index contributed by atoms with van der Waals surface area (Å²) in [5, 5.41) is 17.4. The maximum Gasteiger partial charge on any atom is 0.320 e. The summed E-state index contributed by atoms with van der Waals surface area (Å²) in [6.07, 6.45) is 8.80. The number of likely N-dealkylation sites (tertiary alicyclic amines) is 2. The number of pyridine rings is 1.